The van der Waals surface area contributed by atoms with Crippen LogP contribution < -0.4 is 0 Å². The molecule has 1 aromatic carbocycles. The molecular weight excluding hydrogens is 290 g/mol. The van der Waals surface area contributed by atoms with Gasteiger partial charge in [-0.2, -0.15) is 0 Å². The van der Waals surface area contributed by atoms with Crippen molar-refractivity contribution in [2.45, 2.75) is 39.2 Å². The molecule has 1 amide bonds. The number of amides is 1. The number of carbonyl (C=O) groups is 1. The molecule has 0 spiro atoms. The van der Waals surface area contributed by atoms with Crippen LogP contribution in [-0.2, 0) is 0 Å². The maximum absolute atomic E-state index is 12.6. The molecule has 0 aromatic heterocycles. The van der Waals surface area contributed by atoms with Crippen LogP contribution in [0.4, 0.5) is 0 Å². The van der Waals surface area contributed by atoms with Gasteiger partial charge in [-0.05, 0) is 53.2 Å². The second-order valence-corrected chi connectivity index (χ2v) is 6.25. The summed E-state index contributed by atoms with van der Waals surface area (Å²) in [5, 5.41) is 0. The number of hydrogen-bond acceptors (Lipinski definition) is 1. The Morgan fingerprint density at radius 2 is 2.06 bits per heavy atom. The van der Waals surface area contributed by atoms with Crippen LogP contribution in [0.1, 0.15) is 43.5 Å². The predicted octanol–water partition coefficient (Wildman–Crippen LogP) is 4.10. The summed E-state index contributed by atoms with van der Waals surface area (Å²) in [5.41, 5.74) is 0.785. The first-order valence-electron chi connectivity index (χ1n) is 6.65. The Morgan fingerprint density at radius 3 is 2.61 bits per heavy atom. The zero-order valence-corrected chi connectivity index (χ0v) is 12.6. The fourth-order valence-corrected chi connectivity index (χ4v) is 2.48. The van der Waals surface area contributed by atoms with Gasteiger partial charge in [0.1, 0.15) is 0 Å². The third-order valence-electron chi connectivity index (χ3n) is 3.30. The van der Waals surface area contributed by atoms with Crippen LogP contribution in [0.2, 0.25) is 0 Å². The lowest BCUT2D eigenvalue weighted by molar-refractivity contribution is 0.0734. The van der Waals surface area contributed by atoms with Crippen molar-refractivity contribution in [2.75, 3.05) is 6.54 Å². The number of rotatable bonds is 5. The van der Waals surface area contributed by atoms with Gasteiger partial charge in [0.15, 0.2) is 0 Å². The van der Waals surface area contributed by atoms with Crippen molar-refractivity contribution in [3.05, 3.63) is 34.3 Å². The summed E-state index contributed by atoms with van der Waals surface area (Å²) in [6.07, 6.45) is 3.40. The van der Waals surface area contributed by atoms with Crippen LogP contribution in [0.25, 0.3) is 0 Å². The van der Waals surface area contributed by atoms with Gasteiger partial charge in [-0.15, -0.1) is 0 Å². The van der Waals surface area contributed by atoms with Crippen molar-refractivity contribution in [3.8, 4) is 0 Å². The predicted molar refractivity (Wildman–Crippen MR) is 77.7 cm³/mol. The molecule has 1 aromatic rings. The Labute approximate surface area is 117 Å². The minimum atomic E-state index is 0.172. The summed E-state index contributed by atoms with van der Waals surface area (Å²) in [6, 6.07) is 8.17. The highest BCUT2D eigenvalue weighted by atomic mass is 79.9. The first kappa shape index (κ1) is 13.6. The first-order valence-corrected chi connectivity index (χ1v) is 7.44. The van der Waals surface area contributed by atoms with E-state index >= 15 is 0 Å². The summed E-state index contributed by atoms with van der Waals surface area (Å²) in [4.78, 5) is 14.6. The molecule has 1 saturated carbocycles. The van der Waals surface area contributed by atoms with E-state index in [2.05, 4.69) is 34.7 Å². The highest BCUT2D eigenvalue weighted by Gasteiger charge is 2.33. The van der Waals surface area contributed by atoms with E-state index in [-0.39, 0.29) is 5.91 Å². The average Bonchev–Trinajstić information content (AvgIpc) is 3.13. The lowest BCUT2D eigenvalue weighted by Crippen LogP contribution is -2.34. The van der Waals surface area contributed by atoms with E-state index in [1.165, 1.54) is 0 Å². The van der Waals surface area contributed by atoms with Crippen molar-refractivity contribution in [1.82, 2.24) is 4.90 Å². The van der Waals surface area contributed by atoms with E-state index in [9.17, 15) is 4.79 Å². The second-order valence-electron chi connectivity index (χ2n) is 5.39. The maximum atomic E-state index is 12.6. The minimum absolute atomic E-state index is 0.172. The normalized spacial score (nSPS) is 14.9. The van der Waals surface area contributed by atoms with Crippen molar-refractivity contribution in [2.24, 2.45) is 5.92 Å². The van der Waals surface area contributed by atoms with Crippen LogP contribution >= 0.6 is 15.9 Å². The molecule has 1 aliphatic carbocycles. The molecular formula is C15H20BrNO. The molecule has 1 fully saturated rings. The third kappa shape index (κ3) is 3.35. The Hall–Kier alpha value is -0.830. The van der Waals surface area contributed by atoms with Gasteiger partial charge in [0, 0.05) is 17.1 Å². The number of nitrogens with zero attached hydrogens (tertiary/aromatic N) is 1. The fraction of sp³-hybridized carbons (Fsp3) is 0.533. The number of carbonyl (C=O) groups excluding carboxylic acids is 1. The molecule has 0 bridgehead atoms. The molecule has 0 saturated heterocycles. The molecule has 2 nitrogen and oxygen atoms in total. The smallest absolute Gasteiger partial charge is 0.255 e. The van der Waals surface area contributed by atoms with Gasteiger partial charge < -0.3 is 4.90 Å². The molecule has 18 heavy (non-hydrogen) atoms. The minimum Gasteiger partial charge on any atom is -0.336 e. The Balaban J connectivity index is 2.11. The summed E-state index contributed by atoms with van der Waals surface area (Å²) < 4.78 is 0.894. The van der Waals surface area contributed by atoms with Crippen molar-refractivity contribution in [1.29, 1.82) is 0 Å². The monoisotopic (exact) mass is 309 g/mol. The standard InChI is InChI=1S/C15H20BrNO/c1-11(2)9-10-17(12-7-8-12)15(18)13-5-3-4-6-14(13)16/h3-6,11-12H,7-10H2,1-2H3. The molecule has 98 valence electrons. The molecule has 0 aliphatic heterocycles. The first-order chi connectivity index (χ1) is 8.59. The van der Waals surface area contributed by atoms with E-state index in [1.807, 2.05) is 24.3 Å². The van der Waals surface area contributed by atoms with Crippen molar-refractivity contribution in [3.63, 3.8) is 0 Å². The van der Waals surface area contributed by atoms with Crippen molar-refractivity contribution < 1.29 is 4.79 Å². The SMILES string of the molecule is CC(C)CCN(C(=O)c1ccccc1Br)C1CC1. The highest BCUT2D eigenvalue weighted by molar-refractivity contribution is 9.10. The van der Waals surface area contributed by atoms with E-state index in [4.69, 9.17) is 0 Å². The van der Waals surface area contributed by atoms with Crippen LogP contribution in [0, 0.1) is 5.92 Å². The lowest BCUT2D eigenvalue weighted by Gasteiger charge is -2.24. The molecule has 0 radical (unpaired) electrons. The number of hydrogen-bond donors (Lipinski definition) is 0. The van der Waals surface area contributed by atoms with E-state index in [0.717, 1.165) is 35.8 Å². The zero-order valence-electron chi connectivity index (χ0n) is 11.0. The molecule has 3 heteroatoms. The van der Waals surface area contributed by atoms with Gasteiger partial charge in [-0.25, -0.2) is 0 Å². The van der Waals surface area contributed by atoms with Gasteiger partial charge in [-0.1, -0.05) is 26.0 Å². The molecule has 0 N–H and O–H groups in total. The van der Waals surface area contributed by atoms with Gasteiger partial charge in [0.05, 0.1) is 5.56 Å². The molecule has 1 aliphatic rings. The molecule has 0 atom stereocenters. The Kier molecular flexibility index (Phi) is 4.44. The van der Waals surface area contributed by atoms with Crippen molar-refractivity contribution >= 4 is 21.8 Å². The fourth-order valence-electron chi connectivity index (χ4n) is 2.02. The maximum Gasteiger partial charge on any atom is 0.255 e. The van der Waals surface area contributed by atoms with Crippen LogP contribution in [-0.4, -0.2) is 23.4 Å². The van der Waals surface area contributed by atoms with Crippen LogP contribution in [0.3, 0.4) is 0 Å². The van der Waals surface area contributed by atoms with Gasteiger partial charge in [-0.3, -0.25) is 4.79 Å². The summed E-state index contributed by atoms with van der Waals surface area (Å²) >= 11 is 3.47. The zero-order chi connectivity index (χ0) is 13.1. The average molecular weight is 310 g/mol. The number of halogens is 1. The Morgan fingerprint density at radius 1 is 1.39 bits per heavy atom. The van der Waals surface area contributed by atoms with Crippen LogP contribution in [0.15, 0.2) is 28.7 Å². The lowest BCUT2D eigenvalue weighted by atomic mass is 10.1. The third-order valence-corrected chi connectivity index (χ3v) is 3.99. The van der Waals surface area contributed by atoms with E-state index < -0.39 is 0 Å². The van der Waals surface area contributed by atoms with E-state index in [0.29, 0.717) is 12.0 Å². The largest absolute Gasteiger partial charge is 0.336 e. The van der Waals surface area contributed by atoms with E-state index in [1.54, 1.807) is 0 Å². The quantitative estimate of drug-likeness (QED) is 0.802. The summed E-state index contributed by atoms with van der Waals surface area (Å²) in [6.45, 7) is 5.28. The van der Waals surface area contributed by atoms with Gasteiger partial charge in [0.2, 0.25) is 0 Å². The summed E-state index contributed by atoms with van der Waals surface area (Å²) in [7, 11) is 0. The summed E-state index contributed by atoms with van der Waals surface area (Å²) in [5.74, 6) is 0.809. The molecule has 0 heterocycles. The topological polar surface area (TPSA) is 20.3 Å². The molecule has 2 rings (SSSR count). The Bertz CT molecular complexity index is 426. The number of benzene rings is 1. The van der Waals surface area contributed by atoms with Gasteiger partial charge >= 0.3 is 0 Å². The van der Waals surface area contributed by atoms with Crippen LogP contribution in [0.5, 0.6) is 0 Å². The highest BCUT2D eigenvalue weighted by Crippen LogP contribution is 2.30. The second kappa shape index (κ2) is 5.87. The van der Waals surface area contributed by atoms with Gasteiger partial charge in [0.25, 0.3) is 5.91 Å². The molecule has 0 unspecified atom stereocenters.